The van der Waals surface area contributed by atoms with Crippen LogP contribution in [0.3, 0.4) is 0 Å². The minimum absolute atomic E-state index is 0.146. The van der Waals surface area contributed by atoms with Crippen LogP contribution in [0.2, 0.25) is 0 Å². The summed E-state index contributed by atoms with van der Waals surface area (Å²) in [6.45, 7) is 2.42. The molecular weight excluding hydrogens is 268 g/mol. The van der Waals surface area contributed by atoms with Crippen molar-refractivity contribution in [2.75, 3.05) is 11.9 Å². The van der Waals surface area contributed by atoms with Gasteiger partial charge in [0, 0.05) is 29.3 Å². The summed E-state index contributed by atoms with van der Waals surface area (Å²) in [4.78, 5) is 10.5. The van der Waals surface area contributed by atoms with Gasteiger partial charge in [-0.05, 0) is 25.1 Å². The van der Waals surface area contributed by atoms with Gasteiger partial charge in [-0.25, -0.2) is 0 Å². The zero-order chi connectivity index (χ0) is 14.8. The van der Waals surface area contributed by atoms with Crippen molar-refractivity contribution in [3.8, 4) is 5.75 Å². The van der Waals surface area contributed by atoms with Crippen LogP contribution in [0.5, 0.6) is 5.75 Å². The Bertz CT molecular complexity index is 685. The van der Waals surface area contributed by atoms with E-state index in [1.807, 2.05) is 30.3 Å². The molecule has 1 aliphatic rings. The van der Waals surface area contributed by atoms with E-state index in [9.17, 15) is 10.1 Å². The molecule has 1 heterocycles. The maximum atomic E-state index is 10.9. The number of hydrogen-bond acceptors (Lipinski definition) is 4. The molecule has 0 radical (unpaired) electrons. The first-order valence-corrected chi connectivity index (χ1v) is 6.88. The van der Waals surface area contributed by atoms with Crippen LogP contribution in [0.15, 0.2) is 42.5 Å². The third-order valence-electron chi connectivity index (χ3n) is 3.69. The monoisotopic (exact) mass is 284 g/mol. The minimum Gasteiger partial charge on any atom is -0.493 e. The zero-order valence-corrected chi connectivity index (χ0v) is 11.7. The first-order chi connectivity index (χ1) is 10.1. The molecule has 0 amide bonds. The Balaban J connectivity index is 1.85. The number of benzene rings is 2. The number of nitro groups is 1. The summed E-state index contributed by atoms with van der Waals surface area (Å²) in [5.74, 6) is 0.903. The van der Waals surface area contributed by atoms with Gasteiger partial charge >= 0.3 is 0 Å². The molecule has 0 saturated heterocycles. The molecule has 0 bridgehead atoms. The van der Waals surface area contributed by atoms with E-state index < -0.39 is 0 Å². The zero-order valence-electron chi connectivity index (χ0n) is 11.7. The van der Waals surface area contributed by atoms with Crippen molar-refractivity contribution in [3.05, 3.63) is 63.7 Å². The Kier molecular flexibility index (Phi) is 3.48. The molecule has 5 heteroatoms. The molecule has 1 atom stereocenters. The lowest BCUT2D eigenvalue weighted by Crippen LogP contribution is -2.20. The van der Waals surface area contributed by atoms with Gasteiger partial charge in [0.1, 0.15) is 5.75 Å². The number of hydrogen-bond donors (Lipinski definition) is 1. The van der Waals surface area contributed by atoms with Gasteiger partial charge in [0.15, 0.2) is 0 Å². The number of nitrogens with one attached hydrogen (secondary N) is 1. The number of rotatable bonds is 3. The normalized spacial score (nSPS) is 16.7. The van der Waals surface area contributed by atoms with Gasteiger partial charge in [-0.3, -0.25) is 10.1 Å². The summed E-state index contributed by atoms with van der Waals surface area (Å²) in [6.07, 6.45) is 0.868. The van der Waals surface area contributed by atoms with Crippen molar-refractivity contribution in [2.45, 2.75) is 19.4 Å². The van der Waals surface area contributed by atoms with Gasteiger partial charge in [0.05, 0.1) is 17.6 Å². The van der Waals surface area contributed by atoms with Crippen molar-refractivity contribution in [3.63, 3.8) is 0 Å². The van der Waals surface area contributed by atoms with Gasteiger partial charge in [-0.1, -0.05) is 18.2 Å². The summed E-state index contributed by atoms with van der Waals surface area (Å²) < 4.78 is 5.64. The highest BCUT2D eigenvalue weighted by molar-refractivity contribution is 5.55. The maximum absolute atomic E-state index is 10.9. The molecule has 0 aliphatic carbocycles. The van der Waals surface area contributed by atoms with E-state index in [1.54, 1.807) is 19.1 Å². The average molecular weight is 284 g/mol. The SMILES string of the molecule is Cc1cc(NC2CCOc3ccccc32)ccc1[N+](=O)[O-]. The van der Waals surface area contributed by atoms with Gasteiger partial charge in [0.25, 0.3) is 5.69 Å². The minimum atomic E-state index is -0.358. The molecule has 1 aliphatic heterocycles. The summed E-state index contributed by atoms with van der Waals surface area (Å²) in [5.41, 5.74) is 2.82. The highest BCUT2D eigenvalue weighted by atomic mass is 16.6. The largest absolute Gasteiger partial charge is 0.493 e. The van der Waals surface area contributed by atoms with Crippen LogP contribution >= 0.6 is 0 Å². The highest BCUT2D eigenvalue weighted by Crippen LogP contribution is 2.34. The topological polar surface area (TPSA) is 64.4 Å². The standard InChI is InChI=1S/C16H16N2O3/c1-11-10-12(6-7-15(11)18(19)20)17-14-8-9-21-16-5-3-2-4-13(14)16/h2-7,10,14,17H,8-9H2,1H3. The molecule has 0 fully saturated rings. The first kappa shape index (κ1) is 13.4. The number of nitro benzene ring substituents is 1. The van der Waals surface area contributed by atoms with Crippen LogP contribution in [-0.4, -0.2) is 11.5 Å². The molecule has 0 spiro atoms. The highest BCUT2D eigenvalue weighted by Gasteiger charge is 2.21. The Morgan fingerprint density at radius 1 is 1.29 bits per heavy atom. The third-order valence-corrected chi connectivity index (χ3v) is 3.69. The number of aryl methyl sites for hydroxylation is 1. The van der Waals surface area contributed by atoms with Crippen molar-refractivity contribution in [1.82, 2.24) is 0 Å². The first-order valence-electron chi connectivity index (χ1n) is 6.88. The van der Waals surface area contributed by atoms with Crippen LogP contribution in [0, 0.1) is 17.0 Å². The number of para-hydroxylation sites is 1. The molecule has 5 nitrogen and oxygen atoms in total. The molecule has 21 heavy (non-hydrogen) atoms. The van der Waals surface area contributed by atoms with Crippen LogP contribution in [0.25, 0.3) is 0 Å². The van der Waals surface area contributed by atoms with Crippen molar-refractivity contribution < 1.29 is 9.66 Å². The fourth-order valence-corrected chi connectivity index (χ4v) is 2.64. The predicted molar refractivity (Wildman–Crippen MR) is 80.8 cm³/mol. The Hall–Kier alpha value is -2.56. The number of anilines is 1. The molecule has 2 aromatic carbocycles. The molecule has 0 saturated carbocycles. The molecule has 1 unspecified atom stereocenters. The third kappa shape index (κ3) is 2.67. The summed E-state index contributed by atoms with van der Waals surface area (Å²) in [7, 11) is 0. The van der Waals surface area contributed by atoms with E-state index in [0.717, 1.165) is 23.4 Å². The number of ether oxygens (including phenoxy) is 1. The molecular formula is C16H16N2O3. The fourth-order valence-electron chi connectivity index (χ4n) is 2.64. The summed E-state index contributed by atoms with van der Waals surface area (Å²) >= 11 is 0. The van der Waals surface area contributed by atoms with E-state index in [2.05, 4.69) is 5.32 Å². The van der Waals surface area contributed by atoms with Crippen molar-refractivity contribution in [1.29, 1.82) is 0 Å². The van der Waals surface area contributed by atoms with Crippen molar-refractivity contribution >= 4 is 11.4 Å². The predicted octanol–water partition coefficient (Wildman–Crippen LogP) is 3.84. The smallest absolute Gasteiger partial charge is 0.272 e. The second kappa shape index (κ2) is 5.44. The van der Waals surface area contributed by atoms with Crippen LogP contribution in [0.4, 0.5) is 11.4 Å². The van der Waals surface area contributed by atoms with E-state index in [4.69, 9.17) is 4.74 Å². The fraction of sp³-hybridized carbons (Fsp3) is 0.250. The van der Waals surface area contributed by atoms with Gasteiger partial charge in [-0.15, -0.1) is 0 Å². The van der Waals surface area contributed by atoms with E-state index in [1.165, 1.54) is 0 Å². The van der Waals surface area contributed by atoms with E-state index in [0.29, 0.717) is 12.2 Å². The van der Waals surface area contributed by atoms with Crippen LogP contribution < -0.4 is 10.1 Å². The van der Waals surface area contributed by atoms with Crippen molar-refractivity contribution in [2.24, 2.45) is 0 Å². The molecule has 2 aromatic rings. The molecule has 3 rings (SSSR count). The van der Waals surface area contributed by atoms with Gasteiger partial charge < -0.3 is 10.1 Å². The molecule has 1 N–H and O–H groups in total. The lowest BCUT2D eigenvalue weighted by atomic mass is 10.00. The van der Waals surface area contributed by atoms with Gasteiger partial charge in [0.2, 0.25) is 0 Å². The van der Waals surface area contributed by atoms with Crippen LogP contribution in [0.1, 0.15) is 23.6 Å². The van der Waals surface area contributed by atoms with E-state index >= 15 is 0 Å². The van der Waals surface area contributed by atoms with E-state index in [-0.39, 0.29) is 16.7 Å². The maximum Gasteiger partial charge on any atom is 0.272 e. The average Bonchev–Trinajstić information content (AvgIpc) is 2.47. The lowest BCUT2D eigenvalue weighted by Gasteiger charge is -2.27. The quantitative estimate of drug-likeness (QED) is 0.687. The molecule has 108 valence electrons. The van der Waals surface area contributed by atoms with Gasteiger partial charge in [-0.2, -0.15) is 0 Å². The lowest BCUT2D eigenvalue weighted by molar-refractivity contribution is -0.385. The number of fused-ring (bicyclic) bond motifs is 1. The second-order valence-corrected chi connectivity index (χ2v) is 5.13. The Morgan fingerprint density at radius 3 is 2.86 bits per heavy atom. The summed E-state index contributed by atoms with van der Waals surface area (Å²) in [6, 6.07) is 13.2. The molecule has 0 aromatic heterocycles. The number of nitrogens with zero attached hydrogens (tertiary/aromatic N) is 1. The second-order valence-electron chi connectivity index (χ2n) is 5.13. The summed E-state index contributed by atoms with van der Waals surface area (Å²) in [5, 5.41) is 14.3. The Labute approximate surface area is 122 Å². The Morgan fingerprint density at radius 2 is 2.10 bits per heavy atom. The van der Waals surface area contributed by atoms with Crippen LogP contribution in [-0.2, 0) is 0 Å².